The molecule has 0 radical (unpaired) electrons. The third kappa shape index (κ3) is 3.69. The molecule has 5 nitrogen and oxygen atoms in total. The predicted molar refractivity (Wildman–Crippen MR) is 75.1 cm³/mol. The summed E-state index contributed by atoms with van der Waals surface area (Å²) >= 11 is 0. The van der Waals surface area contributed by atoms with Gasteiger partial charge in [0.15, 0.2) is 5.76 Å². The van der Waals surface area contributed by atoms with Crippen molar-refractivity contribution in [3.05, 3.63) is 59.5 Å². The van der Waals surface area contributed by atoms with Gasteiger partial charge < -0.3 is 20.6 Å². The highest BCUT2D eigenvalue weighted by Gasteiger charge is 2.16. The Bertz CT molecular complexity index is 551. The van der Waals surface area contributed by atoms with E-state index in [0.29, 0.717) is 12.2 Å². The van der Waals surface area contributed by atoms with Crippen molar-refractivity contribution in [1.82, 2.24) is 5.32 Å². The van der Waals surface area contributed by atoms with Crippen LogP contribution in [0.15, 0.2) is 46.9 Å². The van der Waals surface area contributed by atoms with Gasteiger partial charge in [-0.2, -0.15) is 0 Å². The minimum absolute atomic E-state index is 0.134. The number of carbonyl (C=O) groups excluding carboxylic acids is 1. The fourth-order valence-electron chi connectivity index (χ4n) is 1.93. The molecule has 1 aromatic carbocycles. The van der Waals surface area contributed by atoms with Gasteiger partial charge in [-0.1, -0.05) is 30.3 Å². The van der Waals surface area contributed by atoms with Gasteiger partial charge >= 0.3 is 0 Å². The first-order chi connectivity index (χ1) is 9.72. The largest absolute Gasteiger partial charge is 0.455 e. The normalized spacial score (nSPS) is 12.1. The second-order valence-corrected chi connectivity index (χ2v) is 4.51. The number of carbonyl (C=O) groups is 1. The average molecular weight is 274 g/mol. The summed E-state index contributed by atoms with van der Waals surface area (Å²) < 4.78 is 5.27. The highest BCUT2D eigenvalue weighted by molar-refractivity contribution is 5.91. The molecule has 2 aromatic rings. The molecule has 5 heteroatoms. The van der Waals surface area contributed by atoms with Crippen LogP contribution in [0.1, 0.15) is 21.9 Å². The van der Waals surface area contributed by atoms with Crippen LogP contribution in [0.25, 0.3) is 0 Å². The van der Waals surface area contributed by atoms with Gasteiger partial charge in [0, 0.05) is 0 Å². The second kappa shape index (κ2) is 6.88. The number of nitrogens with two attached hydrogens (primary N) is 1. The maximum Gasteiger partial charge on any atom is 0.287 e. The van der Waals surface area contributed by atoms with E-state index in [1.165, 1.54) is 0 Å². The van der Waals surface area contributed by atoms with Crippen molar-refractivity contribution in [2.24, 2.45) is 5.73 Å². The van der Waals surface area contributed by atoms with Crippen molar-refractivity contribution in [1.29, 1.82) is 0 Å². The Labute approximate surface area is 117 Å². The number of benzene rings is 1. The smallest absolute Gasteiger partial charge is 0.287 e. The van der Waals surface area contributed by atoms with E-state index in [1.807, 2.05) is 30.3 Å². The van der Waals surface area contributed by atoms with Crippen LogP contribution in [-0.4, -0.2) is 23.7 Å². The van der Waals surface area contributed by atoms with Crippen molar-refractivity contribution < 1.29 is 14.3 Å². The van der Waals surface area contributed by atoms with Gasteiger partial charge in [0.2, 0.25) is 0 Å². The highest BCUT2D eigenvalue weighted by Crippen LogP contribution is 2.08. The lowest BCUT2D eigenvalue weighted by molar-refractivity contribution is 0.0886. The van der Waals surface area contributed by atoms with Crippen molar-refractivity contribution in [3.8, 4) is 0 Å². The van der Waals surface area contributed by atoms with Gasteiger partial charge in [-0.15, -0.1) is 0 Å². The molecule has 20 heavy (non-hydrogen) atoms. The van der Waals surface area contributed by atoms with Gasteiger partial charge in [0.05, 0.1) is 19.2 Å². The fraction of sp³-hybridized carbons (Fsp3) is 0.267. The number of hydrogen-bond donors (Lipinski definition) is 3. The highest BCUT2D eigenvalue weighted by atomic mass is 16.4. The Balaban J connectivity index is 1.97. The molecule has 0 aliphatic heterocycles. The van der Waals surface area contributed by atoms with E-state index in [1.54, 1.807) is 12.1 Å². The van der Waals surface area contributed by atoms with Crippen LogP contribution < -0.4 is 11.1 Å². The molecule has 4 N–H and O–H groups in total. The minimum atomic E-state index is -0.351. The van der Waals surface area contributed by atoms with E-state index < -0.39 is 0 Å². The van der Waals surface area contributed by atoms with Crippen LogP contribution in [-0.2, 0) is 13.0 Å². The molecule has 0 aliphatic carbocycles. The summed E-state index contributed by atoms with van der Waals surface area (Å²) in [6.07, 6.45) is 0.563. The summed E-state index contributed by atoms with van der Waals surface area (Å²) in [5.74, 6) is 0.412. The number of furan rings is 1. The van der Waals surface area contributed by atoms with Crippen LogP contribution in [0.5, 0.6) is 0 Å². The number of rotatable bonds is 6. The molecule has 1 aromatic heterocycles. The molecule has 1 atom stereocenters. The van der Waals surface area contributed by atoms with Crippen LogP contribution in [0.3, 0.4) is 0 Å². The van der Waals surface area contributed by atoms with Gasteiger partial charge in [-0.3, -0.25) is 4.79 Å². The van der Waals surface area contributed by atoms with Gasteiger partial charge in [-0.05, 0) is 24.1 Å². The Morgan fingerprint density at radius 3 is 2.60 bits per heavy atom. The molecule has 1 heterocycles. The quantitative estimate of drug-likeness (QED) is 0.735. The van der Waals surface area contributed by atoms with E-state index in [-0.39, 0.29) is 30.9 Å². The third-order valence-electron chi connectivity index (χ3n) is 2.97. The molecule has 0 spiro atoms. The first kappa shape index (κ1) is 14.3. The third-order valence-corrected chi connectivity index (χ3v) is 2.97. The Kier molecular flexibility index (Phi) is 4.92. The van der Waals surface area contributed by atoms with Crippen LogP contribution >= 0.6 is 0 Å². The first-order valence-corrected chi connectivity index (χ1v) is 6.47. The van der Waals surface area contributed by atoms with Crippen LogP contribution in [0, 0.1) is 0 Å². The molecule has 106 valence electrons. The first-order valence-electron chi connectivity index (χ1n) is 6.47. The zero-order chi connectivity index (χ0) is 14.4. The fourth-order valence-corrected chi connectivity index (χ4v) is 1.93. The lowest BCUT2D eigenvalue weighted by Crippen LogP contribution is -2.38. The Hall–Kier alpha value is -2.11. The summed E-state index contributed by atoms with van der Waals surface area (Å²) in [4.78, 5) is 12.0. The van der Waals surface area contributed by atoms with E-state index in [9.17, 15) is 9.90 Å². The van der Waals surface area contributed by atoms with Crippen molar-refractivity contribution in [2.75, 3.05) is 6.61 Å². The average Bonchev–Trinajstić information content (AvgIpc) is 2.96. The molecule has 0 fully saturated rings. The summed E-state index contributed by atoms with van der Waals surface area (Å²) in [7, 11) is 0. The molecule has 0 bridgehead atoms. The summed E-state index contributed by atoms with van der Waals surface area (Å²) in [6, 6.07) is 12.6. The zero-order valence-corrected chi connectivity index (χ0v) is 11.1. The van der Waals surface area contributed by atoms with E-state index in [2.05, 4.69) is 5.32 Å². The second-order valence-electron chi connectivity index (χ2n) is 4.51. The van der Waals surface area contributed by atoms with E-state index >= 15 is 0 Å². The number of nitrogens with one attached hydrogen (secondary N) is 1. The van der Waals surface area contributed by atoms with Gasteiger partial charge in [-0.25, -0.2) is 0 Å². The molecule has 1 unspecified atom stereocenters. The number of aliphatic hydroxyl groups excluding tert-OH is 1. The summed E-state index contributed by atoms with van der Waals surface area (Å²) in [6.45, 7) is 0.117. The predicted octanol–water partition coefficient (Wildman–Crippen LogP) is 1.07. The zero-order valence-electron chi connectivity index (χ0n) is 11.1. The van der Waals surface area contributed by atoms with Crippen LogP contribution in [0.2, 0.25) is 0 Å². The van der Waals surface area contributed by atoms with Crippen LogP contribution in [0.4, 0.5) is 0 Å². The van der Waals surface area contributed by atoms with Crippen molar-refractivity contribution in [3.63, 3.8) is 0 Å². The summed E-state index contributed by atoms with van der Waals surface area (Å²) in [5, 5.41) is 12.1. The lowest BCUT2D eigenvalue weighted by Gasteiger charge is -2.15. The maximum atomic E-state index is 12.0. The van der Waals surface area contributed by atoms with E-state index in [0.717, 1.165) is 5.56 Å². The number of aliphatic hydroxyl groups is 1. The lowest BCUT2D eigenvalue weighted by atomic mass is 10.1. The SMILES string of the molecule is NCc1ccc(C(=O)NC(CO)Cc2ccccc2)o1. The van der Waals surface area contributed by atoms with Crippen molar-refractivity contribution in [2.45, 2.75) is 19.0 Å². The molecular formula is C15H18N2O3. The molecule has 0 saturated carbocycles. The number of amides is 1. The maximum absolute atomic E-state index is 12.0. The topological polar surface area (TPSA) is 88.5 Å². The number of hydrogen-bond acceptors (Lipinski definition) is 4. The monoisotopic (exact) mass is 274 g/mol. The van der Waals surface area contributed by atoms with Gasteiger partial charge in [0.1, 0.15) is 5.76 Å². The molecule has 2 rings (SSSR count). The molecule has 1 amide bonds. The Morgan fingerprint density at radius 1 is 1.25 bits per heavy atom. The molecule has 0 saturated heterocycles. The standard InChI is InChI=1S/C15H18N2O3/c16-9-13-6-7-14(20-13)15(19)17-12(10-18)8-11-4-2-1-3-5-11/h1-7,12,18H,8-10,16H2,(H,17,19). The van der Waals surface area contributed by atoms with E-state index in [4.69, 9.17) is 10.2 Å². The minimum Gasteiger partial charge on any atom is -0.455 e. The Morgan fingerprint density at radius 2 is 2.00 bits per heavy atom. The molecule has 0 aliphatic rings. The van der Waals surface area contributed by atoms with Crippen molar-refractivity contribution >= 4 is 5.91 Å². The van der Waals surface area contributed by atoms with Gasteiger partial charge in [0.25, 0.3) is 5.91 Å². The summed E-state index contributed by atoms with van der Waals surface area (Å²) in [5.41, 5.74) is 6.48. The molecular weight excluding hydrogens is 256 g/mol.